The first kappa shape index (κ1) is 16.5. The maximum atomic E-state index is 12.2. The number of nitrogens with zero attached hydrogens (tertiary/aromatic N) is 1. The van der Waals surface area contributed by atoms with Crippen LogP contribution >= 0.6 is 0 Å². The number of amides is 1. The lowest BCUT2D eigenvalue weighted by molar-refractivity contribution is -0.142. The average Bonchev–Trinajstić information content (AvgIpc) is 3.00. The van der Waals surface area contributed by atoms with Crippen molar-refractivity contribution in [2.24, 2.45) is 0 Å². The molecule has 5 heteroatoms. The number of esters is 1. The monoisotopic (exact) mass is 304 g/mol. The Morgan fingerprint density at radius 3 is 2.50 bits per heavy atom. The molecule has 1 aliphatic rings. The molecule has 2 rings (SSSR count). The van der Waals surface area contributed by atoms with E-state index in [4.69, 9.17) is 4.74 Å². The van der Waals surface area contributed by atoms with E-state index >= 15 is 0 Å². The van der Waals surface area contributed by atoms with E-state index in [1.54, 1.807) is 0 Å². The van der Waals surface area contributed by atoms with E-state index in [9.17, 15) is 9.59 Å². The van der Waals surface area contributed by atoms with Crippen molar-refractivity contribution in [1.82, 2.24) is 10.2 Å². The lowest BCUT2D eigenvalue weighted by Gasteiger charge is -2.22. The number of ether oxygens (including phenoxy) is 1. The number of hydrogen-bond donors (Lipinski definition) is 1. The first-order valence-electron chi connectivity index (χ1n) is 7.80. The van der Waals surface area contributed by atoms with Gasteiger partial charge in [-0.2, -0.15) is 0 Å². The summed E-state index contributed by atoms with van der Waals surface area (Å²) >= 11 is 0. The van der Waals surface area contributed by atoms with Crippen molar-refractivity contribution in [2.45, 2.75) is 38.3 Å². The number of benzene rings is 1. The normalized spacial score (nSPS) is 15.0. The topological polar surface area (TPSA) is 58.6 Å². The fraction of sp³-hybridized carbons (Fsp3) is 0.529. The molecule has 0 bridgehead atoms. The largest absolute Gasteiger partial charge is 0.468 e. The van der Waals surface area contributed by atoms with Crippen molar-refractivity contribution in [2.75, 3.05) is 20.2 Å². The third kappa shape index (κ3) is 5.48. The van der Waals surface area contributed by atoms with Crippen molar-refractivity contribution in [3.8, 4) is 0 Å². The molecular formula is C17H24N2O3. The zero-order chi connectivity index (χ0) is 15.8. The van der Waals surface area contributed by atoms with Gasteiger partial charge in [0, 0.05) is 12.6 Å². The molecule has 5 nitrogen and oxygen atoms in total. The first-order valence-corrected chi connectivity index (χ1v) is 7.80. The summed E-state index contributed by atoms with van der Waals surface area (Å²) in [4.78, 5) is 25.5. The minimum atomic E-state index is -0.329. The summed E-state index contributed by atoms with van der Waals surface area (Å²) in [6, 6.07) is 10.1. The van der Waals surface area contributed by atoms with E-state index < -0.39 is 0 Å². The Kier molecular flexibility index (Phi) is 6.40. The molecule has 120 valence electrons. The number of nitrogens with one attached hydrogen (secondary N) is 1. The SMILES string of the molecule is COC(=O)CN(CC(=O)NC1CCCC1)Cc1ccccc1. The molecule has 0 spiro atoms. The Morgan fingerprint density at radius 2 is 1.86 bits per heavy atom. The van der Waals surface area contributed by atoms with Crippen LogP contribution in [-0.4, -0.2) is 43.0 Å². The molecule has 1 N–H and O–H groups in total. The van der Waals surface area contributed by atoms with Gasteiger partial charge < -0.3 is 10.1 Å². The van der Waals surface area contributed by atoms with Crippen LogP contribution in [0.15, 0.2) is 30.3 Å². The van der Waals surface area contributed by atoms with E-state index in [1.807, 2.05) is 35.2 Å². The van der Waals surface area contributed by atoms with Crippen LogP contribution < -0.4 is 5.32 Å². The summed E-state index contributed by atoms with van der Waals surface area (Å²) in [6.45, 7) is 0.873. The van der Waals surface area contributed by atoms with Crippen LogP contribution in [0.25, 0.3) is 0 Å². The molecule has 1 aromatic rings. The Hall–Kier alpha value is -1.88. The highest BCUT2D eigenvalue weighted by molar-refractivity contribution is 5.79. The molecular weight excluding hydrogens is 280 g/mol. The lowest BCUT2D eigenvalue weighted by Crippen LogP contribution is -2.42. The summed E-state index contributed by atoms with van der Waals surface area (Å²) in [5.41, 5.74) is 1.07. The van der Waals surface area contributed by atoms with Gasteiger partial charge in [0.05, 0.1) is 20.2 Å². The van der Waals surface area contributed by atoms with Crippen molar-refractivity contribution in [3.05, 3.63) is 35.9 Å². The molecule has 1 aliphatic carbocycles. The predicted molar refractivity (Wildman–Crippen MR) is 84.1 cm³/mol. The molecule has 0 atom stereocenters. The molecule has 0 heterocycles. The van der Waals surface area contributed by atoms with Crippen molar-refractivity contribution < 1.29 is 14.3 Å². The van der Waals surface area contributed by atoms with Crippen LogP contribution in [0.5, 0.6) is 0 Å². The van der Waals surface area contributed by atoms with Crippen molar-refractivity contribution in [3.63, 3.8) is 0 Å². The Balaban J connectivity index is 1.91. The second kappa shape index (κ2) is 8.54. The maximum absolute atomic E-state index is 12.2. The van der Waals surface area contributed by atoms with Gasteiger partial charge in [0.2, 0.25) is 5.91 Å². The molecule has 0 saturated heterocycles. The fourth-order valence-electron chi connectivity index (χ4n) is 2.80. The quantitative estimate of drug-likeness (QED) is 0.779. The number of hydrogen-bond acceptors (Lipinski definition) is 4. The number of rotatable bonds is 7. The minimum Gasteiger partial charge on any atom is -0.468 e. The van der Waals surface area contributed by atoms with E-state index in [1.165, 1.54) is 20.0 Å². The Morgan fingerprint density at radius 1 is 1.18 bits per heavy atom. The van der Waals surface area contributed by atoms with Gasteiger partial charge in [-0.3, -0.25) is 14.5 Å². The third-order valence-electron chi connectivity index (χ3n) is 3.92. The summed E-state index contributed by atoms with van der Waals surface area (Å²) in [5.74, 6) is -0.351. The number of carbonyl (C=O) groups is 2. The Labute approximate surface area is 131 Å². The van der Waals surface area contributed by atoms with E-state index in [0.29, 0.717) is 12.6 Å². The molecule has 1 amide bonds. The molecule has 0 aromatic heterocycles. The van der Waals surface area contributed by atoms with Gasteiger partial charge >= 0.3 is 5.97 Å². The van der Waals surface area contributed by atoms with E-state index in [0.717, 1.165) is 18.4 Å². The standard InChI is InChI=1S/C17H24N2O3/c1-22-17(21)13-19(11-14-7-3-2-4-8-14)12-16(20)18-15-9-5-6-10-15/h2-4,7-8,15H,5-6,9-13H2,1H3,(H,18,20). The van der Waals surface area contributed by atoms with Crippen LogP contribution in [-0.2, 0) is 20.9 Å². The van der Waals surface area contributed by atoms with Crippen molar-refractivity contribution >= 4 is 11.9 Å². The number of methoxy groups -OCH3 is 1. The second-order valence-electron chi connectivity index (χ2n) is 5.76. The minimum absolute atomic E-state index is 0.0215. The Bertz CT molecular complexity index is 484. The molecule has 0 aliphatic heterocycles. The summed E-state index contributed by atoms with van der Waals surface area (Å²) in [6.07, 6.45) is 4.48. The maximum Gasteiger partial charge on any atom is 0.319 e. The van der Waals surface area contributed by atoms with Gasteiger partial charge in [0.15, 0.2) is 0 Å². The lowest BCUT2D eigenvalue weighted by atomic mass is 10.2. The molecule has 1 saturated carbocycles. The zero-order valence-corrected chi connectivity index (χ0v) is 13.1. The summed E-state index contributed by atoms with van der Waals surface area (Å²) < 4.78 is 4.72. The third-order valence-corrected chi connectivity index (χ3v) is 3.92. The second-order valence-corrected chi connectivity index (χ2v) is 5.76. The van der Waals surface area contributed by atoms with Gasteiger partial charge in [-0.05, 0) is 18.4 Å². The first-order chi connectivity index (χ1) is 10.7. The summed E-state index contributed by atoms with van der Waals surface area (Å²) in [5, 5.41) is 3.05. The van der Waals surface area contributed by atoms with Crippen LogP contribution in [0.2, 0.25) is 0 Å². The molecule has 22 heavy (non-hydrogen) atoms. The van der Waals surface area contributed by atoms with Gasteiger partial charge in [-0.25, -0.2) is 0 Å². The highest BCUT2D eigenvalue weighted by Crippen LogP contribution is 2.17. The van der Waals surface area contributed by atoms with Crippen LogP contribution in [0.3, 0.4) is 0 Å². The van der Waals surface area contributed by atoms with Gasteiger partial charge in [-0.15, -0.1) is 0 Å². The van der Waals surface area contributed by atoms with Gasteiger partial charge in [0.25, 0.3) is 0 Å². The fourth-order valence-corrected chi connectivity index (χ4v) is 2.80. The average molecular weight is 304 g/mol. The van der Waals surface area contributed by atoms with E-state index in [-0.39, 0.29) is 25.0 Å². The van der Waals surface area contributed by atoms with Crippen molar-refractivity contribution in [1.29, 1.82) is 0 Å². The number of carbonyl (C=O) groups excluding carboxylic acids is 2. The molecule has 0 unspecified atom stereocenters. The van der Waals surface area contributed by atoms with E-state index in [2.05, 4.69) is 5.32 Å². The van der Waals surface area contributed by atoms with Crippen LogP contribution in [0.4, 0.5) is 0 Å². The highest BCUT2D eigenvalue weighted by Gasteiger charge is 2.20. The van der Waals surface area contributed by atoms with Gasteiger partial charge in [0.1, 0.15) is 0 Å². The molecule has 1 aromatic carbocycles. The molecule has 1 fully saturated rings. The predicted octanol–water partition coefficient (Wildman–Crippen LogP) is 1.72. The zero-order valence-electron chi connectivity index (χ0n) is 13.1. The van der Waals surface area contributed by atoms with Crippen LogP contribution in [0.1, 0.15) is 31.2 Å². The highest BCUT2D eigenvalue weighted by atomic mass is 16.5. The summed E-state index contributed by atoms with van der Waals surface area (Å²) in [7, 11) is 1.36. The van der Waals surface area contributed by atoms with Gasteiger partial charge in [-0.1, -0.05) is 43.2 Å². The molecule has 0 radical (unpaired) electrons. The van der Waals surface area contributed by atoms with Crippen LogP contribution in [0, 0.1) is 0 Å². The smallest absolute Gasteiger partial charge is 0.319 e.